The molecule has 1 aromatic rings. The molecule has 0 unspecified atom stereocenters. The molecule has 0 radical (unpaired) electrons. The molecule has 0 bridgehead atoms. The molecule has 0 aromatic carbocycles. The maximum atomic E-state index is 11.1. The van der Waals surface area contributed by atoms with Crippen molar-refractivity contribution in [2.24, 2.45) is 5.41 Å². The summed E-state index contributed by atoms with van der Waals surface area (Å²) in [5.74, 6) is 0.895. The largest absolute Gasteiger partial charge is 0.481 e. The van der Waals surface area contributed by atoms with E-state index in [4.69, 9.17) is 9.52 Å². The SMILES string of the molecule is Cc1nc(CN2CCC(C)(C(=O)O)CC2)oc1C. The Morgan fingerprint density at radius 3 is 2.50 bits per heavy atom. The summed E-state index contributed by atoms with van der Waals surface area (Å²) >= 11 is 0. The highest BCUT2D eigenvalue weighted by Gasteiger charge is 2.36. The van der Waals surface area contributed by atoms with Gasteiger partial charge < -0.3 is 9.52 Å². The number of oxazole rings is 1. The van der Waals surface area contributed by atoms with Crippen LogP contribution in [0.2, 0.25) is 0 Å². The molecule has 0 spiro atoms. The number of carbonyl (C=O) groups is 1. The number of rotatable bonds is 3. The maximum absolute atomic E-state index is 11.1. The molecule has 0 saturated carbocycles. The predicted octanol–water partition coefficient (Wildman–Crippen LogP) is 1.98. The fraction of sp³-hybridized carbons (Fsp3) is 0.692. The van der Waals surface area contributed by atoms with Crippen LogP contribution in [0.15, 0.2) is 4.42 Å². The molecule has 2 rings (SSSR count). The van der Waals surface area contributed by atoms with Crippen molar-refractivity contribution < 1.29 is 14.3 Å². The van der Waals surface area contributed by atoms with Gasteiger partial charge in [0.05, 0.1) is 17.7 Å². The number of likely N-dealkylation sites (tertiary alicyclic amines) is 1. The van der Waals surface area contributed by atoms with Crippen LogP contribution < -0.4 is 0 Å². The summed E-state index contributed by atoms with van der Waals surface area (Å²) in [5.41, 5.74) is 0.358. The highest BCUT2D eigenvalue weighted by Crippen LogP contribution is 2.31. The first kappa shape index (κ1) is 13.1. The number of carboxylic acids is 1. The third-order valence-corrected chi connectivity index (χ3v) is 3.91. The molecule has 5 heteroatoms. The van der Waals surface area contributed by atoms with Crippen LogP contribution in [0.5, 0.6) is 0 Å². The second-order valence-electron chi connectivity index (χ2n) is 5.39. The average molecular weight is 252 g/mol. The molecule has 2 heterocycles. The summed E-state index contributed by atoms with van der Waals surface area (Å²) in [5, 5.41) is 9.16. The van der Waals surface area contributed by atoms with E-state index in [0.29, 0.717) is 19.4 Å². The van der Waals surface area contributed by atoms with Gasteiger partial charge in [0.1, 0.15) is 5.76 Å². The molecule has 1 aliphatic rings. The van der Waals surface area contributed by atoms with Crippen LogP contribution in [0.25, 0.3) is 0 Å². The summed E-state index contributed by atoms with van der Waals surface area (Å²) in [6.45, 7) is 7.90. The maximum Gasteiger partial charge on any atom is 0.309 e. The Morgan fingerprint density at radius 2 is 2.06 bits per heavy atom. The summed E-state index contributed by atoms with van der Waals surface area (Å²) < 4.78 is 5.55. The highest BCUT2D eigenvalue weighted by atomic mass is 16.4. The van der Waals surface area contributed by atoms with E-state index in [1.807, 2.05) is 20.8 Å². The Kier molecular flexibility index (Phi) is 3.43. The van der Waals surface area contributed by atoms with Gasteiger partial charge in [0, 0.05) is 0 Å². The van der Waals surface area contributed by atoms with E-state index in [-0.39, 0.29) is 0 Å². The van der Waals surface area contributed by atoms with Crippen LogP contribution in [-0.4, -0.2) is 34.0 Å². The molecule has 1 fully saturated rings. The van der Waals surface area contributed by atoms with E-state index >= 15 is 0 Å². The molecule has 1 saturated heterocycles. The monoisotopic (exact) mass is 252 g/mol. The lowest BCUT2D eigenvalue weighted by Crippen LogP contribution is -2.42. The van der Waals surface area contributed by atoms with E-state index in [2.05, 4.69) is 9.88 Å². The second kappa shape index (κ2) is 4.72. The van der Waals surface area contributed by atoms with Crippen molar-refractivity contribution in [3.63, 3.8) is 0 Å². The van der Waals surface area contributed by atoms with Gasteiger partial charge in [-0.05, 0) is 46.7 Å². The number of hydrogen-bond donors (Lipinski definition) is 1. The topological polar surface area (TPSA) is 66.6 Å². The number of aliphatic carboxylic acids is 1. The molecule has 0 atom stereocenters. The molecular weight excluding hydrogens is 232 g/mol. The first-order valence-electron chi connectivity index (χ1n) is 6.29. The number of hydrogen-bond acceptors (Lipinski definition) is 4. The molecule has 1 aliphatic heterocycles. The summed E-state index contributed by atoms with van der Waals surface area (Å²) in [7, 11) is 0. The molecule has 100 valence electrons. The lowest BCUT2D eigenvalue weighted by Gasteiger charge is -2.35. The standard InChI is InChI=1S/C13H20N2O3/c1-9-10(2)18-11(14-9)8-15-6-4-13(3,5-7-15)12(16)17/h4-8H2,1-3H3,(H,16,17). The van der Waals surface area contributed by atoms with E-state index in [0.717, 1.165) is 30.4 Å². The molecule has 0 aliphatic carbocycles. The van der Waals surface area contributed by atoms with Crippen molar-refractivity contribution >= 4 is 5.97 Å². The Morgan fingerprint density at radius 1 is 1.44 bits per heavy atom. The van der Waals surface area contributed by atoms with Crippen LogP contribution in [0.1, 0.15) is 37.1 Å². The van der Waals surface area contributed by atoms with Crippen LogP contribution >= 0.6 is 0 Å². The fourth-order valence-electron chi connectivity index (χ4n) is 2.22. The number of aryl methyl sites for hydroxylation is 2. The highest BCUT2D eigenvalue weighted by molar-refractivity contribution is 5.74. The Balaban J connectivity index is 1.93. The predicted molar refractivity (Wildman–Crippen MR) is 66.2 cm³/mol. The van der Waals surface area contributed by atoms with Gasteiger partial charge in [-0.1, -0.05) is 0 Å². The van der Waals surface area contributed by atoms with Gasteiger partial charge in [-0.25, -0.2) is 4.98 Å². The summed E-state index contributed by atoms with van der Waals surface area (Å²) in [6.07, 6.45) is 1.36. The lowest BCUT2D eigenvalue weighted by atomic mass is 9.80. The van der Waals surface area contributed by atoms with Crippen LogP contribution in [0, 0.1) is 19.3 Å². The van der Waals surface area contributed by atoms with E-state index in [1.54, 1.807) is 0 Å². The van der Waals surface area contributed by atoms with E-state index in [1.165, 1.54) is 0 Å². The number of carboxylic acid groups (broad SMARTS) is 1. The third kappa shape index (κ3) is 2.56. The van der Waals surface area contributed by atoms with Gasteiger partial charge in [-0.2, -0.15) is 0 Å². The normalized spacial score (nSPS) is 19.9. The van der Waals surface area contributed by atoms with Gasteiger partial charge in [-0.3, -0.25) is 9.69 Å². The summed E-state index contributed by atoms with van der Waals surface area (Å²) in [6, 6.07) is 0. The van der Waals surface area contributed by atoms with Crippen molar-refractivity contribution in [3.05, 3.63) is 17.3 Å². The first-order valence-corrected chi connectivity index (χ1v) is 6.29. The average Bonchev–Trinajstić information content (AvgIpc) is 2.61. The minimum absolute atomic E-state index is 0.571. The molecule has 18 heavy (non-hydrogen) atoms. The zero-order valence-corrected chi connectivity index (χ0v) is 11.2. The van der Waals surface area contributed by atoms with Crippen molar-refractivity contribution in [2.45, 2.75) is 40.2 Å². The molecule has 5 nitrogen and oxygen atoms in total. The Hall–Kier alpha value is -1.36. The smallest absolute Gasteiger partial charge is 0.309 e. The van der Waals surface area contributed by atoms with Crippen molar-refractivity contribution in [2.75, 3.05) is 13.1 Å². The van der Waals surface area contributed by atoms with Crippen molar-refractivity contribution in [3.8, 4) is 0 Å². The van der Waals surface area contributed by atoms with Gasteiger partial charge in [0.2, 0.25) is 5.89 Å². The van der Waals surface area contributed by atoms with Crippen molar-refractivity contribution in [1.29, 1.82) is 0 Å². The fourth-order valence-corrected chi connectivity index (χ4v) is 2.22. The molecule has 0 amide bonds. The second-order valence-corrected chi connectivity index (χ2v) is 5.39. The zero-order valence-electron chi connectivity index (χ0n) is 11.2. The number of piperidine rings is 1. The van der Waals surface area contributed by atoms with Gasteiger partial charge in [0.25, 0.3) is 0 Å². The van der Waals surface area contributed by atoms with E-state index in [9.17, 15) is 4.79 Å². The van der Waals surface area contributed by atoms with Crippen molar-refractivity contribution in [1.82, 2.24) is 9.88 Å². The quantitative estimate of drug-likeness (QED) is 0.891. The first-order chi connectivity index (χ1) is 8.40. The van der Waals surface area contributed by atoms with Crippen LogP contribution in [0.3, 0.4) is 0 Å². The van der Waals surface area contributed by atoms with Crippen LogP contribution in [0.4, 0.5) is 0 Å². The zero-order chi connectivity index (χ0) is 13.3. The number of aromatic nitrogens is 1. The lowest BCUT2D eigenvalue weighted by molar-refractivity contribution is -0.150. The third-order valence-electron chi connectivity index (χ3n) is 3.91. The van der Waals surface area contributed by atoms with E-state index < -0.39 is 11.4 Å². The Labute approximate surface area is 107 Å². The number of nitrogens with zero attached hydrogens (tertiary/aromatic N) is 2. The Bertz CT molecular complexity index is 426. The molecular formula is C13H20N2O3. The molecule has 1 aromatic heterocycles. The van der Waals surface area contributed by atoms with Gasteiger partial charge in [-0.15, -0.1) is 0 Å². The minimum Gasteiger partial charge on any atom is -0.481 e. The summed E-state index contributed by atoms with van der Waals surface area (Å²) in [4.78, 5) is 17.7. The minimum atomic E-state index is -0.690. The molecule has 1 N–H and O–H groups in total. The van der Waals surface area contributed by atoms with Gasteiger partial charge >= 0.3 is 5.97 Å². The van der Waals surface area contributed by atoms with Gasteiger partial charge in [0.15, 0.2) is 0 Å². The van der Waals surface area contributed by atoms with Crippen LogP contribution in [-0.2, 0) is 11.3 Å².